The number of benzene rings is 3. The van der Waals surface area contributed by atoms with E-state index in [4.69, 9.17) is 4.74 Å². The molecule has 12 heteroatoms. The molecule has 9 nitrogen and oxygen atoms in total. The number of carbonyl (C=O) groups excluding carboxylic acids is 3. The van der Waals surface area contributed by atoms with Crippen molar-refractivity contribution in [2.45, 2.75) is 19.5 Å². The summed E-state index contributed by atoms with van der Waals surface area (Å²) in [7, 11) is 1.63. The fraction of sp³-hybridized carbons (Fsp3) is 0.222. The van der Waals surface area contributed by atoms with Gasteiger partial charge in [-0.3, -0.25) is 19.2 Å². The van der Waals surface area contributed by atoms with E-state index < -0.39 is 23.6 Å². The second-order valence-electron chi connectivity index (χ2n) is 11.3. The summed E-state index contributed by atoms with van der Waals surface area (Å²) in [5.74, 6) is -1.30. The van der Waals surface area contributed by atoms with Crippen molar-refractivity contribution in [3.05, 3.63) is 129 Å². The summed E-state index contributed by atoms with van der Waals surface area (Å²) in [6.07, 6.45) is -1.54. The maximum atomic E-state index is 13.3. The normalized spacial score (nSPS) is 13.1. The molecule has 1 aliphatic heterocycles. The number of anilines is 2. The topological polar surface area (TPSA) is 110 Å². The van der Waals surface area contributed by atoms with E-state index in [1.54, 1.807) is 61.5 Å². The Hall–Kier alpha value is -5.49. The highest BCUT2D eigenvalue weighted by Crippen LogP contribution is 2.31. The summed E-state index contributed by atoms with van der Waals surface area (Å²) in [4.78, 5) is 53.4. The van der Waals surface area contributed by atoms with Gasteiger partial charge in [-0.2, -0.15) is 13.2 Å². The van der Waals surface area contributed by atoms with Crippen LogP contribution < -0.4 is 16.2 Å². The van der Waals surface area contributed by atoms with Gasteiger partial charge in [-0.15, -0.1) is 0 Å². The van der Waals surface area contributed by atoms with Gasteiger partial charge in [0.25, 0.3) is 17.4 Å². The number of aryl methyl sites for hydroxylation is 1. The van der Waals surface area contributed by atoms with Crippen LogP contribution >= 0.6 is 0 Å². The minimum Gasteiger partial charge on any atom is -0.378 e. The van der Waals surface area contributed by atoms with Crippen LogP contribution in [-0.2, 0) is 29.2 Å². The van der Waals surface area contributed by atoms with E-state index in [1.807, 2.05) is 6.07 Å². The predicted molar refractivity (Wildman–Crippen MR) is 176 cm³/mol. The van der Waals surface area contributed by atoms with Gasteiger partial charge in [0.15, 0.2) is 0 Å². The second kappa shape index (κ2) is 14.1. The highest BCUT2D eigenvalue weighted by Gasteiger charge is 2.30. The molecule has 2 heterocycles. The van der Waals surface area contributed by atoms with Crippen molar-refractivity contribution in [3.63, 3.8) is 0 Å². The summed E-state index contributed by atoms with van der Waals surface area (Å²) < 4.78 is 45.7. The van der Waals surface area contributed by atoms with E-state index in [0.29, 0.717) is 65.5 Å². The summed E-state index contributed by atoms with van der Waals surface area (Å²) in [5.41, 5.74) is 3.26. The lowest BCUT2D eigenvalue weighted by Gasteiger charge is -2.27. The van der Waals surface area contributed by atoms with Crippen molar-refractivity contribution in [3.8, 4) is 11.1 Å². The largest absolute Gasteiger partial charge is 0.416 e. The molecule has 0 atom stereocenters. The van der Waals surface area contributed by atoms with Crippen LogP contribution in [0.1, 0.15) is 43.0 Å². The number of nitrogens with one attached hydrogen (secondary N) is 2. The van der Waals surface area contributed by atoms with E-state index in [-0.39, 0.29) is 23.5 Å². The van der Waals surface area contributed by atoms with Crippen LogP contribution in [0.15, 0.2) is 90.4 Å². The third kappa shape index (κ3) is 7.55. The number of nitrogens with zero attached hydrogens (tertiary/aromatic N) is 2. The standard InChI is InChI=1S/C36H33F3N4O5/c1-4-32(44)40-31-19-23(8-13-29(31)35(47)43-14-16-48-17-15-43)18-25-20-26(21-42(3)34(25)46)28-6-5-7-30(22(28)2)41-33(45)24-9-11-27(12-10-24)36(37,38)39/h4-13,19-21H,1,14-18H2,2-3H3,(H,40,44)(H,41,45). The molecule has 0 unspecified atom stereocenters. The number of aromatic nitrogens is 1. The smallest absolute Gasteiger partial charge is 0.378 e. The molecule has 0 radical (unpaired) electrons. The summed E-state index contributed by atoms with van der Waals surface area (Å²) >= 11 is 0. The second-order valence-corrected chi connectivity index (χ2v) is 11.3. The lowest BCUT2D eigenvalue weighted by Crippen LogP contribution is -2.41. The number of carbonyl (C=O) groups is 3. The molecule has 0 saturated carbocycles. The molecule has 1 saturated heterocycles. The quantitative estimate of drug-likeness (QED) is 0.232. The predicted octanol–water partition coefficient (Wildman–Crippen LogP) is 5.82. The van der Waals surface area contributed by atoms with E-state index in [0.717, 1.165) is 35.9 Å². The first-order chi connectivity index (χ1) is 22.8. The number of hydrogen-bond acceptors (Lipinski definition) is 5. The molecular formula is C36H33F3N4O5. The number of rotatable bonds is 8. The molecule has 0 spiro atoms. The number of pyridine rings is 1. The molecule has 0 aliphatic carbocycles. The first-order valence-corrected chi connectivity index (χ1v) is 15.1. The number of halogens is 3. The van der Waals surface area contributed by atoms with Gasteiger partial charge in [0.05, 0.1) is 30.0 Å². The van der Waals surface area contributed by atoms with E-state index in [2.05, 4.69) is 17.2 Å². The number of amides is 3. The van der Waals surface area contributed by atoms with Gasteiger partial charge in [0.1, 0.15) is 0 Å². The van der Waals surface area contributed by atoms with Crippen molar-refractivity contribution in [1.82, 2.24) is 9.47 Å². The van der Waals surface area contributed by atoms with Gasteiger partial charge in [-0.05, 0) is 83.8 Å². The van der Waals surface area contributed by atoms with Crippen LogP contribution in [0.4, 0.5) is 24.5 Å². The van der Waals surface area contributed by atoms with Crippen molar-refractivity contribution in [2.24, 2.45) is 7.05 Å². The summed E-state index contributed by atoms with van der Waals surface area (Å²) in [6, 6.07) is 16.0. The lowest BCUT2D eigenvalue weighted by molar-refractivity contribution is -0.137. The molecule has 1 aromatic heterocycles. The maximum absolute atomic E-state index is 13.3. The minimum absolute atomic E-state index is 0.0681. The Labute approximate surface area is 274 Å². The van der Waals surface area contributed by atoms with Gasteiger partial charge < -0.3 is 24.8 Å². The Balaban J connectivity index is 1.43. The number of morpholine rings is 1. The molecule has 5 rings (SSSR count). The van der Waals surface area contributed by atoms with Crippen LogP contribution in [0.3, 0.4) is 0 Å². The Morgan fingerprint density at radius 2 is 1.67 bits per heavy atom. The molecule has 3 amide bonds. The summed E-state index contributed by atoms with van der Waals surface area (Å²) in [6.45, 7) is 6.99. The van der Waals surface area contributed by atoms with Gasteiger partial charge >= 0.3 is 6.18 Å². The number of alkyl halides is 3. The highest BCUT2D eigenvalue weighted by atomic mass is 19.4. The van der Waals surface area contributed by atoms with Crippen LogP contribution in [0, 0.1) is 6.92 Å². The average Bonchev–Trinajstić information content (AvgIpc) is 3.07. The lowest BCUT2D eigenvalue weighted by atomic mass is 9.96. The van der Waals surface area contributed by atoms with Gasteiger partial charge in [0, 0.05) is 49.6 Å². The fourth-order valence-corrected chi connectivity index (χ4v) is 5.48. The van der Waals surface area contributed by atoms with Crippen molar-refractivity contribution in [2.75, 3.05) is 36.9 Å². The first kappa shape index (κ1) is 33.9. The maximum Gasteiger partial charge on any atom is 0.416 e. The SMILES string of the molecule is C=CC(=O)Nc1cc(Cc2cc(-c3cccc(NC(=O)c4ccc(C(F)(F)F)cc4)c3C)cn(C)c2=O)ccc1C(=O)N1CCOCC1. The van der Waals surface area contributed by atoms with Crippen LogP contribution in [0.2, 0.25) is 0 Å². The molecule has 0 bridgehead atoms. The third-order valence-corrected chi connectivity index (χ3v) is 8.08. The van der Waals surface area contributed by atoms with Crippen molar-refractivity contribution >= 4 is 29.1 Å². The van der Waals surface area contributed by atoms with Gasteiger partial charge in [0.2, 0.25) is 5.91 Å². The molecule has 4 aromatic rings. The molecule has 3 aromatic carbocycles. The molecule has 48 heavy (non-hydrogen) atoms. The average molecular weight is 659 g/mol. The minimum atomic E-state index is -4.51. The highest BCUT2D eigenvalue weighted by molar-refractivity contribution is 6.07. The first-order valence-electron chi connectivity index (χ1n) is 15.1. The van der Waals surface area contributed by atoms with Crippen LogP contribution in [0.25, 0.3) is 11.1 Å². The van der Waals surface area contributed by atoms with Crippen molar-refractivity contribution < 1.29 is 32.3 Å². The van der Waals surface area contributed by atoms with E-state index in [9.17, 15) is 32.3 Å². The van der Waals surface area contributed by atoms with E-state index in [1.165, 1.54) is 4.57 Å². The van der Waals surface area contributed by atoms with Crippen molar-refractivity contribution in [1.29, 1.82) is 0 Å². The zero-order valence-corrected chi connectivity index (χ0v) is 26.3. The fourth-order valence-electron chi connectivity index (χ4n) is 5.48. The molecule has 1 fully saturated rings. The molecule has 248 valence electrons. The van der Waals surface area contributed by atoms with Gasteiger partial charge in [-0.1, -0.05) is 24.8 Å². The molecule has 2 N–H and O–H groups in total. The number of ether oxygens (including phenoxy) is 1. The van der Waals surface area contributed by atoms with Crippen LogP contribution in [0.5, 0.6) is 0 Å². The Morgan fingerprint density at radius 3 is 2.33 bits per heavy atom. The Morgan fingerprint density at radius 1 is 0.958 bits per heavy atom. The van der Waals surface area contributed by atoms with Crippen LogP contribution in [-0.4, -0.2) is 53.5 Å². The summed E-state index contributed by atoms with van der Waals surface area (Å²) in [5, 5.41) is 5.49. The zero-order valence-electron chi connectivity index (χ0n) is 26.3. The molecular weight excluding hydrogens is 625 g/mol. The molecule has 1 aliphatic rings. The Kier molecular flexibility index (Phi) is 9.95. The number of hydrogen-bond donors (Lipinski definition) is 2. The monoisotopic (exact) mass is 658 g/mol. The van der Waals surface area contributed by atoms with E-state index >= 15 is 0 Å². The third-order valence-electron chi connectivity index (χ3n) is 8.08. The Bertz CT molecular complexity index is 1940. The zero-order chi connectivity index (χ0) is 34.6. The van der Waals surface area contributed by atoms with Gasteiger partial charge in [-0.25, -0.2) is 0 Å².